The molecule has 0 bridgehead atoms. The van der Waals surface area contributed by atoms with Crippen LogP contribution >= 0.6 is 0 Å². The third kappa shape index (κ3) is 3.31. The van der Waals surface area contributed by atoms with Gasteiger partial charge >= 0.3 is 0 Å². The van der Waals surface area contributed by atoms with E-state index in [-0.39, 0.29) is 17.4 Å². The fourth-order valence-electron chi connectivity index (χ4n) is 1.77. The van der Waals surface area contributed by atoms with Gasteiger partial charge in [0.15, 0.2) is 0 Å². The Morgan fingerprint density at radius 3 is 2.44 bits per heavy atom. The Morgan fingerprint density at radius 1 is 1.33 bits per heavy atom. The van der Waals surface area contributed by atoms with Gasteiger partial charge in [0.1, 0.15) is 0 Å². The van der Waals surface area contributed by atoms with Crippen molar-refractivity contribution in [1.29, 1.82) is 0 Å². The predicted molar refractivity (Wildman–Crippen MR) is 71.8 cm³/mol. The molecule has 0 saturated carbocycles. The van der Waals surface area contributed by atoms with Crippen LogP contribution in [-0.2, 0) is 16.6 Å². The summed E-state index contributed by atoms with van der Waals surface area (Å²) in [5.41, 5.74) is 1.54. The van der Waals surface area contributed by atoms with Crippen molar-refractivity contribution in [3.8, 4) is 0 Å². The third-order valence-corrected chi connectivity index (χ3v) is 4.64. The molecule has 18 heavy (non-hydrogen) atoms. The van der Waals surface area contributed by atoms with E-state index in [0.717, 1.165) is 5.56 Å². The molecule has 1 aromatic rings. The summed E-state index contributed by atoms with van der Waals surface area (Å²) in [5.74, 6) is 0.271. The number of rotatable bonds is 5. The number of benzene rings is 1. The van der Waals surface area contributed by atoms with E-state index in [0.29, 0.717) is 12.1 Å². The van der Waals surface area contributed by atoms with E-state index in [1.807, 2.05) is 20.8 Å². The first-order chi connectivity index (χ1) is 8.28. The van der Waals surface area contributed by atoms with Crippen LogP contribution in [0.4, 0.5) is 0 Å². The molecule has 0 fully saturated rings. The molecule has 0 spiro atoms. The quantitative estimate of drug-likeness (QED) is 0.888. The highest BCUT2D eigenvalue weighted by atomic mass is 32.2. The second kappa shape index (κ2) is 5.82. The van der Waals surface area contributed by atoms with Crippen molar-refractivity contribution in [2.75, 3.05) is 13.6 Å². The highest BCUT2D eigenvalue weighted by molar-refractivity contribution is 7.89. The Morgan fingerprint density at radius 2 is 1.94 bits per heavy atom. The maximum absolute atomic E-state index is 12.3. The number of nitrogens with zero attached hydrogens (tertiary/aromatic N) is 1. The number of hydrogen-bond donors (Lipinski definition) is 1. The van der Waals surface area contributed by atoms with Gasteiger partial charge in [-0.1, -0.05) is 19.9 Å². The van der Waals surface area contributed by atoms with Crippen LogP contribution in [0.25, 0.3) is 0 Å². The lowest BCUT2D eigenvalue weighted by atomic mass is 10.1. The number of aliphatic hydroxyl groups is 1. The molecule has 1 N–H and O–H groups in total. The largest absolute Gasteiger partial charge is 0.392 e. The zero-order valence-corrected chi connectivity index (χ0v) is 12.2. The lowest BCUT2D eigenvalue weighted by Crippen LogP contribution is -2.30. The van der Waals surface area contributed by atoms with E-state index in [1.165, 1.54) is 4.31 Å². The molecule has 0 aliphatic carbocycles. The standard InChI is InChI=1S/C13H21NO3S/c1-10(2)8-14(4)18(16,17)13-6-5-11(3)12(7-13)9-15/h5-7,10,15H,8-9H2,1-4H3. The van der Waals surface area contributed by atoms with Crippen molar-refractivity contribution in [2.24, 2.45) is 5.92 Å². The first kappa shape index (κ1) is 15.1. The average Bonchev–Trinajstić information content (AvgIpc) is 2.28. The van der Waals surface area contributed by atoms with E-state index in [9.17, 15) is 13.5 Å². The van der Waals surface area contributed by atoms with Crippen molar-refractivity contribution in [2.45, 2.75) is 32.3 Å². The van der Waals surface area contributed by atoms with Crippen LogP contribution < -0.4 is 0 Å². The van der Waals surface area contributed by atoms with Crippen molar-refractivity contribution >= 4 is 10.0 Å². The molecule has 0 saturated heterocycles. The minimum Gasteiger partial charge on any atom is -0.392 e. The number of sulfonamides is 1. The van der Waals surface area contributed by atoms with Gasteiger partial charge in [0.05, 0.1) is 11.5 Å². The minimum atomic E-state index is -3.46. The highest BCUT2D eigenvalue weighted by Gasteiger charge is 2.21. The second-order valence-corrected chi connectivity index (χ2v) is 6.97. The van der Waals surface area contributed by atoms with Gasteiger partial charge in [-0.2, -0.15) is 0 Å². The molecule has 0 amide bonds. The number of aryl methyl sites for hydroxylation is 1. The van der Waals surface area contributed by atoms with E-state index in [2.05, 4.69) is 0 Å². The fraction of sp³-hybridized carbons (Fsp3) is 0.538. The summed E-state index contributed by atoms with van der Waals surface area (Å²) >= 11 is 0. The van der Waals surface area contributed by atoms with Crippen molar-refractivity contribution in [3.63, 3.8) is 0 Å². The Bertz CT molecular complexity index is 509. The topological polar surface area (TPSA) is 57.6 Å². The SMILES string of the molecule is Cc1ccc(S(=O)(=O)N(C)CC(C)C)cc1CO. The van der Waals surface area contributed by atoms with Crippen molar-refractivity contribution in [1.82, 2.24) is 4.31 Å². The van der Waals surface area contributed by atoms with Gasteiger partial charge in [-0.25, -0.2) is 12.7 Å². The lowest BCUT2D eigenvalue weighted by molar-refractivity contribution is 0.280. The highest BCUT2D eigenvalue weighted by Crippen LogP contribution is 2.19. The van der Waals surface area contributed by atoms with Gasteiger partial charge in [-0.3, -0.25) is 0 Å². The van der Waals surface area contributed by atoms with Gasteiger partial charge in [-0.15, -0.1) is 0 Å². The summed E-state index contributed by atoms with van der Waals surface area (Å²) in [4.78, 5) is 0.236. The molecule has 0 unspecified atom stereocenters. The maximum Gasteiger partial charge on any atom is 0.242 e. The molecular weight excluding hydrogens is 250 g/mol. The summed E-state index contributed by atoms with van der Waals surface area (Å²) in [5, 5.41) is 9.18. The zero-order chi connectivity index (χ0) is 13.9. The van der Waals surface area contributed by atoms with Crippen LogP contribution in [0.3, 0.4) is 0 Å². The summed E-state index contributed by atoms with van der Waals surface area (Å²) in [6.45, 7) is 6.12. The van der Waals surface area contributed by atoms with Gasteiger partial charge in [-0.05, 0) is 36.1 Å². The number of hydrogen-bond acceptors (Lipinski definition) is 3. The van der Waals surface area contributed by atoms with Gasteiger partial charge in [0, 0.05) is 13.6 Å². The molecule has 1 rings (SSSR count). The fourth-order valence-corrected chi connectivity index (χ4v) is 3.16. The Kier molecular flexibility index (Phi) is 4.90. The van der Waals surface area contributed by atoms with Crippen LogP contribution in [0.1, 0.15) is 25.0 Å². The average molecular weight is 271 g/mol. The molecule has 0 aliphatic rings. The molecule has 102 valence electrons. The summed E-state index contributed by atoms with van der Waals surface area (Å²) < 4.78 is 25.9. The van der Waals surface area contributed by atoms with Gasteiger partial charge in [0.2, 0.25) is 10.0 Å². The van der Waals surface area contributed by atoms with Crippen molar-refractivity contribution in [3.05, 3.63) is 29.3 Å². The Hall–Kier alpha value is -0.910. The predicted octanol–water partition coefficient (Wildman–Crippen LogP) is 1.76. The molecule has 0 aliphatic heterocycles. The van der Waals surface area contributed by atoms with E-state index >= 15 is 0 Å². The minimum absolute atomic E-state index is 0.150. The summed E-state index contributed by atoms with van der Waals surface area (Å²) in [7, 11) is -1.88. The van der Waals surface area contributed by atoms with Crippen LogP contribution in [0.15, 0.2) is 23.1 Å². The lowest BCUT2D eigenvalue weighted by Gasteiger charge is -2.19. The van der Waals surface area contributed by atoms with Crippen molar-refractivity contribution < 1.29 is 13.5 Å². The summed E-state index contributed by atoms with van der Waals surface area (Å²) in [6.07, 6.45) is 0. The second-order valence-electron chi connectivity index (χ2n) is 4.93. The third-order valence-electron chi connectivity index (χ3n) is 2.82. The first-order valence-electron chi connectivity index (χ1n) is 5.95. The molecular formula is C13H21NO3S. The van der Waals surface area contributed by atoms with Crippen LogP contribution in [-0.4, -0.2) is 31.4 Å². The molecule has 0 aromatic heterocycles. The van der Waals surface area contributed by atoms with Gasteiger partial charge < -0.3 is 5.11 Å². The normalized spacial score (nSPS) is 12.4. The van der Waals surface area contributed by atoms with Crippen LogP contribution in [0.2, 0.25) is 0 Å². The Balaban J connectivity index is 3.12. The maximum atomic E-state index is 12.3. The smallest absolute Gasteiger partial charge is 0.242 e. The molecule has 4 nitrogen and oxygen atoms in total. The monoisotopic (exact) mass is 271 g/mol. The van der Waals surface area contributed by atoms with E-state index in [4.69, 9.17) is 0 Å². The molecule has 0 heterocycles. The Labute approximate surface area is 109 Å². The van der Waals surface area contributed by atoms with Crippen LogP contribution in [0.5, 0.6) is 0 Å². The molecule has 0 atom stereocenters. The molecule has 1 aromatic carbocycles. The number of aliphatic hydroxyl groups excluding tert-OH is 1. The van der Waals surface area contributed by atoms with Gasteiger partial charge in [0.25, 0.3) is 0 Å². The molecule has 0 radical (unpaired) electrons. The summed E-state index contributed by atoms with van der Waals surface area (Å²) in [6, 6.07) is 4.85. The molecule has 5 heteroatoms. The first-order valence-corrected chi connectivity index (χ1v) is 7.39. The van der Waals surface area contributed by atoms with E-state index in [1.54, 1.807) is 25.2 Å². The van der Waals surface area contributed by atoms with E-state index < -0.39 is 10.0 Å². The zero-order valence-electron chi connectivity index (χ0n) is 11.3. The van der Waals surface area contributed by atoms with Crippen LogP contribution in [0, 0.1) is 12.8 Å².